The summed E-state index contributed by atoms with van der Waals surface area (Å²) < 4.78 is 5.45. The summed E-state index contributed by atoms with van der Waals surface area (Å²) in [5, 5.41) is 3.48. The molecule has 1 aliphatic heterocycles. The van der Waals surface area contributed by atoms with E-state index in [0.29, 0.717) is 11.8 Å². The van der Waals surface area contributed by atoms with Crippen molar-refractivity contribution in [3.8, 4) is 0 Å². The van der Waals surface area contributed by atoms with E-state index < -0.39 is 0 Å². The Balaban J connectivity index is 0.00000264. The molecule has 0 bridgehead atoms. The van der Waals surface area contributed by atoms with Crippen LogP contribution >= 0.6 is 24.0 Å². The van der Waals surface area contributed by atoms with E-state index in [4.69, 9.17) is 4.74 Å². The molecule has 0 aliphatic carbocycles. The Labute approximate surface area is 157 Å². The van der Waals surface area contributed by atoms with Gasteiger partial charge in [-0.25, -0.2) is 0 Å². The summed E-state index contributed by atoms with van der Waals surface area (Å²) in [5.74, 6) is 2.17. The summed E-state index contributed by atoms with van der Waals surface area (Å²) in [6.45, 7) is 6.01. The highest BCUT2D eigenvalue weighted by Gasteiger charge is 2.19. The van der Waals surface area contributed by atoms with Gasteiger partial charge in [0, 0.05) is 39.7 Å². The standard InChI is InChI=1S/C18H29N3O.HI/c1-15(17-7-5-4-6-8-17)9-11-20-18(19-2)21(3)13-16-10-12-22-14-16;/h4-8,15-16H,9-14H2,1-3H3,(H,19,20);1H. The van der Waals surface area contributed by atoms with Gasteiger partial charge in [-0.2, -0.15) is 0 Å². The van der Waals surface area contributed by atoms with Crippen LogP contribution < -0.4 is 5.32 Å². The van der Waals surface area contributed by atoms with Crippen LogP contribution in [0.1, 0.15) is 31.2 Å². The molecule has 2 rings (SSSR count). The zero-order valence-corrected chi connectivity index (χ0v) is 16.8. The molecule has 5 heteroatoms. The lowest BCUT2D eigenvalue weighted by Gasteiger charge is -2.25. The van der Waals surface area contributed by atoms with E-state index in [-0.39, 0.29) is 24.0 Å². The van der Waals surface area contributed by atoms with Crippen LogP contribution in [-0.4, -0.2) is 51.3 Å². The fourth-order valence-corrected chi connectivity index (χ4v) is 2.93. The summed E-state index contributed by atoms with van der Waals surface area (Å²) in [7, 11) is 3.96. The van der Waals surface area contributed by atoms with Crippen LogP contribution in [0.2, 0.25) is 0 Å². The first-order valence-corrected chi connectivity index (χ1v) is 8.25. The average Bonchev–Trinajstić information content (AvgIpc) is 3.05. The third kappa shape index (κ3) is 6.67. The van der Waals surface area contributed by atoms with Crippen molar-refractivity contribution in [1.82, 2.24) is 10.2 Å². The normalized spacial score (nSPS) is 19.1. The molecule has 130 valence electrons. The van der Waals surface area contributed by atoms with Gasteiger partial charge in [0.1, 0.15) is 0 Å². The maximum absolute atomic E-state index is 5.45. The van der Waals surface area contributed by atoms with E-state index in [1.54, 1.807) is 0 Å². The molecule has 1 aliphatic rings. The van der Waals surface area contributed by atoms with Crippen LogP contribution in [-0.2, 0) is 4.74 Å². The number of benzene rings is 1. The van der Waals surface area contributed by atoms with Crippen molar-refractivity contribution in [2.45, 2.75) is 25.7 Å². The average molecular weight is 431 g/mol. The molecule has 0 radical (unpaired) electrons. The third-order valence-electron chi connectivity index (χ3n) is 4.36. The number of hydrogen-bond acceptors (Lipinski definition) is 2. The van der Waals surface area contributed by atoms with Crippen molar-refractivity contribution in [2.24, 2.45) is 10.9 Å². The van der Waals surface area contributed by atoms with E-state index in [0.717, 1.165) is 45.1 Å². The molecule has 1 heterocycles. The van der Waals surface area contributed by atoms with Gasteiger partial charge in [-0.1, -0.05) is 37.3 Å². The minimum Gasteiger partial charge on any atom is -0.381 e. The van der Waals surface area contributed by atoms with Gasteiger partial charge in [0.2, 0.25) is 0 Å². The van der Waals surface area contributed by atoms with Crippen molar-refractivity contribution in [3.63, 3.8) is 0 Å². The predicted octanol–water partition coefficient (Wildman–Crippen LogP) is 3.34. The number of guanidine groups is 1. The van der Waals surface area contributed by atoms with E-state index in [1.807, 2.05) is 7.05 Å². The number of nitrogens with zero attached hydrogens (tertiary/aromatic N) is 2. The monoisotopic (exact) mass is 431 g/mol. The quantitative estimate of drug-likeness (QED) is 0.427. The number of aliphatic imine (C=N–C) groups is 1. The number of rotatable bonds is 6. The maximum atomic E-state index is 5.45. The molecule has 2 unspecified atom stereocenters. The lowest BCUT2D eigenvalue weighted by Crippen LogP contribution is -2.42. The number of ether oxygens (including phenoxy) is 1. The van der Waals surface area contributed by atoms with E-state index in [1.165, 1.54) is 5.56 Å². The Morgan fingerprint density at radius 1 is 1.39 bits per heavy atom. The summed E-state index contributed by atoms with van der Waals surface area (Å²) in [6, 6.07) is 10.7. The first-order valence-electron chi connectivity index (χ1n) is 8.25. The van der Waals surface area contributed by atoms with Gasteiger partial charge in [-0.05, 0) is 24.3 Å². The van der Waals surface area contributed by atoms with Crippen molar-refractivity contribution >= 4 is 29.9 Å². The summed E-state index contributed by atoms with van der Waals surface area (Å²) in [4.78, 5) is 6.61. The van der Waals surface area contributed by atoms with Crippen molar-refractivity contribution in [1.29, 1.82) is 0 Å². The smallest absolute Gasteiger partial charge is 0.193 e. The zero-order valence-electron chi connectivity index (χ0n) is 14.5. The highest BCUT2D eigenvalue weighted by Crippen LogP contribution is 2.17. The van der Waals surface area contributed by atoms with Gasteiger partial charge in [-0.15, -0.1) is 24.0 Å². The molecular formula is C18H30IN3O. The molecule has 0 spiro atoms. The summed E-state index contributed by atoms with van der Waals surface area (Å²) >= 11 is 0. The fraction of sp³-hybridized carbons (Fsp3) is 0.611. The van der Waals surface area contributed by atoms with E-state index in [9.17, 15) is 0 Å². The van der Waals surface area contributed by atoms with E-state index in [2.05, 4.69) is 59.5 Å². The van der Waals surface area contributed by atoms with Crippen LogP contribution in [0, 0.1) is 5.92 Å². The molecule has 1 aromatic carbocycles. The van der Waals surface area contributed by atoms with Crippen LogP contribution in [0.25, 0.3) is 0 Å². The first-order chi connectivity index (χ1) is 10.7. The molecule has 0 amide bonds. The minimum atomic E-state index is 0. The lowest BCUT2D eigenvalue weighted by atomic mass is 9.98. The Hall–Kier alpha value is -0.820. The van der Waals surface area contributed by atoms with Crippen LogP contribution in [0.4, 0.5) is 0 Å². The molecule has 1 saturated heterocycles. The highest BCUT2D eigenvalue weighted by molar-refractivity contribution is 14.0. The third-order valence-corrected chi connectivity index (χ3v) is 4.36. The van der Waals surface area contributed by atoms with Crippen molar-refractivity contribution < 1.29 is 4.74 Å². The largest absolute Gasteiger partial charge is 0.381 e. The molecule has 4 nitrogen and oxygen atoms in total. The SMILES string of the molecule is CN=C(NCCC(C)c1ccccc1)N(C)CC1CCOC1.I. The highest BCUT2D eigenvalue weighted by atomic mass is 127. The maximum Gasteiger partial charge on any atom is 0.193 e. The summed E-state index contributed by atoms with van der Waals surface area (Å²) in [5.41, 5.74) is 1.40. The van der Waals surface area contributed by atoms with Gasteiger partial charge in [0.15, 0.2) is 5.96 Å². The van der Waals surface area contributed by atoms with Crippen LogP contribution in [0.5, 0.6) is 0 Å². The molecule has 1 aromatic rings. The van der Waals surface area contributed by atoms with Gasteiger partial charge in [0.25, 0.3) is 0 Å². The van der Waals surface area contributed by atoms with Crippen LogP contribution in [0.3, 0.4) is 0 Å². The molecule has 1 fully saturated rings. The van der Waals surface area contributed by atoms with Crippen molar-refractivity contribution in [2.75, 3.05) is 40.4 Å². The molecule has 1 N–H and O–H groups in total. The Kier molecular flexibility index (Phi) is 9.55. The van der Waals surface area contributed by atoms with E-state index >= 15 is 0 Å². The lowest BCUT2D eigenvalue weighted by molar-refractivity contribution is 0.181. The Morgan fingerprint density at radius 2 is 2.13 bits per heavy atom. The van der Waals surface area contributed by atoms with Crippen LogP contribution in [0.15, 0.2) is 35.3 Å². The number of nitrogens with one attached hydrogen (secondary N) is 1. The zero-order chi connectivity index (χ0) is 15.8. The minimum absolute atomic E-state index is 0. The molecule has 23 heavy (non-hydrogen) atoms. The molecule has 2 atom stereocenters. The first kappa shape index (κ1) is 20.2. The number of halogens is 1. The molecule has 0 saturated carbocycles. The Bertz CT molecular complexity index is 461. The number of hydrogen-bond donors (Lipinski definition) is 1. The van der Waals surface area contributed by atoms with Gasteiger partial charge < -0.3 is 15.0 Å². The second-order valence-electron chi connectivity index (χ2n) is 6.18. The second-order valence-corrected chi connectivity index (χ2v) is 6.18. The summed E-state index contributed by atoms with van der Waals surface area (Å²) in [6.07, 6.45) is 2.26. The van der Waals surface area contributed by atoms with Gasteiger partial charge in [-0.3, -0.25) is 4.99 Å². The topological polar surface area (TPSA) is 36.9 Å². The van der Waals surface area contributed by atoms with Crippen molar-refractivity contribution in [3.05, 3.63) is 35.9 Å². The fourth-order valence-electron chi connectivity index (χ4n) is 2.93. The van der Waals surface area contributed by atoms with Gasteiger partial charge in [0.05, 0.1) is 6.61 Å². The van der Waals surface area contributed by atoms with Gasteiger partial charge >= 0.3 is 0 Å². The molecular weight excluding hydrogens is 401 g/mol. The molecule has 0 aromatic heterocycles. The second kappa shape index (κ2) is 10.9. The predicted molar refractivity (Wildman–Crippen MR) is 108 cm³/mol. The Morgan fingerprint density at radius 3 is 2.74 bits per heavy atom.